The first-order valence-electron chi connectivity index (χ1n) is 5.63. The Hall–Kier alpha value is -0.370. The average molecular weight is 597 g/mol. The van der Waals surface area contributed by atoms with Gasteiger partial charge in [-0.05, 0) is 49.2 Å². The number of nitrogens with zero attached hydrogens (tertiary/aromatic N) is 2. The second-order valence-electron chi connectivity index (χ2n) is 4.40. The van der Waals surface area contributed by atoms with Crippen LogP contribution in [-0.4, -0.2) is 9.97 Å². The zero-order chi connectivity index (χ0) is 16.4. The van der Waals surface area contributed by atoms with Crippen LogP contribution in [0.4, 0.5) is 25.2 Å². The Morgan fingerprint density at radius 3 is 1.17 bits per heavy atom. The van der Waals surface area contributed by atoms with E-state index in [4.69, 9.17) is 0 Å². The molecule has 0 fully saturated rings. The summed E-state index contributed by atoms with van der Waals surface area (Å²) in [5, 5.41) is 0. The summed E-state index contributed by atoms with van der Waals surface area (Å²) in [5.41, 5.74) is 4.29. The fourth-order valence-corrected chi connectivity index (χ4v) is 1.35. The molecule has 2 rings (SSSR count). The van der Waals surface area contributed by atoms with E-state index in [0.29, 0.717) is 0 Å². The van der Waals surface area contributed by atoms with Crippen LogP contribution in [0.1, 0.15) is 11.1 Å². The largest absolute Gasteiger partial charge is 3.00 e. The van der Waals surface area contributed by atoms with Crippen molar-refractivity contribution in [3.8, 4) is 11.4 Å². The van der Waals surface area contributed by atoms with E-state index in [1.807, 2.05) is 36.7 Å². The van der Waals surface area contributed by atoms with E-state index in [2.05, 4.69) is 23.8 Å². The van der Waals surface area contributed by atoms with Crippen molar-refractivity contribution in [3.63, 3.8) is 0 Å². The fourth-order valence-electron chi connectivity index (χ4n) is 1.35. The molecule has 0 aliphatic heterocycles. The molecule has 2 nitrogen and oxygen atoms in total. The van der Waals surface area contributed by atoms with Gasteiger partial charge in [-0.25, -0.2) is 0 Å². The first kappa shape index (κ1) is 28.4. The van der Waals surface area contributed by atoms with Crippen molar-refractivity contribution in [3.05, 3.63) is 47.8 Å². The maximum Gasteiger partial charge on any atom is 3.00 e. The maximum absolute atomic E-state index is 10.7. The molecule has 0 atom stereocenters. The normalized spacial score (nSPS) is 12.7. The van der Waals surface area contributed by atoms with Gasteiger partial charge < -0.3 is 24.8 Å². The van der Waals surface area contributed by atoms with Crippen LogP contribution in [0, 0.1) is 13.8 Å². The fraction of sp³-hybridized carbons (Fsp3) is 0.167. The molecular formula is C12H12AuCl2F6N2P. The maximum atomic E-state index is 9.87. The predicted octanol–water partition coefficient (Wildman–Crippen LogP) is 0.148. The van der Waals surface area contributed by atoms with Crippen LogP contribution in [0.5, 0.6) is 0 Å². The SMILES string of the molecule is Cc1ccnc(-c2cc(C)ccn2)c1.F[P-](F)(F)(F)(F)F.[Au+3].[Cl-].[Cl-]. The third-order valence-corrected chi connectivity index (χ3v) is 2.09. The number of hydrogen-bond donors (Lipinski definition) is 0. The van der Waals surface area contributed by atoms with Crippen LogP contribution in [-0.2, 0) is 22.4 Å². The van der Waals surface area contributed by atoms with Crippen molar-refractivity contribution in [2.45, 2.75) is 13.8 Å². The van der Waals surface area contributed by atoms with Crippen molar-refractivity contribution in [2.75, 3.05) is 0 Å². The Balaban J connectivity index is -0.000000389. The molecule has 0 spiro atoms. The Morgan fingerprint density at radius 1 is 0.708 bits per heavy atom. The molecule has 0 radical (unpaired) electrons. The standard InChI is InChI=1S/C12H12N2.Au.2ClH.F6P/c1-9-3-5-13-11(7-9)12-8-10(2)4-6-14-12;;;;1-7(2,3,4,5)6/h3-8H,1-2H3;;2*1H;/q;+3;;;-1/p-2. The second kappa shape index (κ2) is 8.83. The van der Waals surface area contributed by atoms with Gasteiger partial charge in [0, 0.05) is 12.4 Å². The summed E-state index contributed by atoms with van der Waals surface area (Å²) < 4.78 is 59.2. The molecule has 2 heterocycles. The van der Waals surface area contributed by atoms with Gasteiger partial charge in [0.1, 0.15) is 0 Å². The molecule has 142 valence electrons. The Bertz CT molecular complexity index is 600. The number of rotatable bonds is 1. The number of hydrogen-bond acceptors (Lipinski definition) is 2. The molecule has 0 bridgehead atoms. The molecule has 2 aromatic heterocycles. The third-order valence-electron chi connectivity index (χ3n) is 2.09. The molecule has 0 aliphatic rings. The van der Waals surface area contributed by atoms with Gasteiger partial charge in [0.15, 0.2) is 0 Å². The van der Waals surface area contributed by atoms with E-state index >= 15 is 0 Å². The van der Waals surface area contributed by atoms with Crippen LogP contribution >= 0.6 is 7.81 Å². The molecule has 2 aromatic rings. The molecule has 0 unspecified atom stereocenters. The number of pyridine rings is 2. The third kappa shape index (κ3) is 16.5. The minimum atomic E-state index is -10.7. The summed E-state index contributed by atoms with van der Waals surface area (Å²) in [6.45, 7) is 4.11. The number of halogens is 8. The van der Waals surface area contributed by atoms with Gasteiger partial charge in [-0.1, -0.05) is 0 Å². The van der Waals surface area contributed by atoms with Crippen molar-refractivity contribution in [1.82, 2.24) is 9.97 Å². The molecule has 0 aliphatic carbocycles. The summed E-state index contributed by atoms with van der Waals surface area (Å²) in [6.07, 6.45) is 3.63. The molecule has 0 saturated heterocycles. The molecule has 0 saturated carbocycles. The number of aryl methyl sites for hydroxylation is 2. The van der Waals surface area contributed by atoms with Gasteiger partial charge in [-0.2, -0.15) is 0 Å². The summed E-state index contributed by atoms with van der Waals surface area (Å²) in [6, 6.07) is 8.06. The molecule has 0 N–H and O–H groups in total. The van der Waals surface area contributed by atoms with E-state index in [9.17, 15) is 25.2 Å². The van der Waals surface area contributed by atoms with Crippen LogP contribution < -0.4 is 24.8 Å². The average Bonchev–Trinajstić information content (AvgIpc) is 2.25. The van der Waals surface area contributed by atoms with Gasteiger partial charge in [-0.15, -0.1) is 0 Å². The van der Waals surface area contributed by atoms with Crippen LogP contribution in [0.25, 0.3) is 11.4 Å². The van der Waals surface area contributed by atoms with Crippen LogP contribution in [0.15, 0.2) is 36.7 Å². The quantitative estimate of drug-likeness (QED) is 0.266. The van der Waals surface area contributed by atoms with Crippen molar-refractivity contribution < 1.29 is 72.4 Å². The van der Waals surface area contributed by atoms with Gasteiger partial charge in [-0.3, -0.25) is 9.97 Å². The summed E-state index contributed by atoms with van der Waals surface area (Å²) in [7, 11) is -10.7. The van der Waals surface area contributed by atoms with E-state index in [0.717, 1.165) is 11.4 Å². The molecule has 0 aromatic carbocycles. The first-order valence-corrected chi connectivity index (χ1v) is 7.65. The predicted molar refractivity (Wildman–Crippen MR) is 70.5 cm³/mol. The molecule has 0 amide bonds. The van der Waals surface area contributed by atoms with E-state index < -0.39 is 7.81 Å². The van der Waals surface area contributed by atoms with Gasteiger partial charge in [0.2, 0.25) is 0 Å². The summed E-state index contributed by atoms with van der Waals surface area (Å²) in [5.74, 6) is 0. The Morgan fingerprint density at radius 2 is 0.958 bits per heavy atom. The van der Waals surface area contributed by atoms with Crippen LogP contribution in [0.3, 0.4) is 0 Å². The Labute approximate surface area is 163 Å². The summed E-state index contributed by atoms with van der Waals surface area (Å²) in [4.78, 5) is 8.58. The van der Waals surface area contributed by atoms with Gasteiger partial charge in [0.05, 0.1) is 11.4 Å². The topological polar surface area (TPSA) is 25.8 Å². The van der Waals surface area contributed by atoms with Crippen molar-refractivity contribution >= 4 is 7.81 Å². The second-order valence-corrected chi connectivity index (χ2v) is 6.31. The molecule has 12 heteroatoms. The Kier molecular flexibility index (Phi) is 10.5. The van der Waals surface area contributed by atoms with Crippen molar-refractivity contribution in [2.24, 2.45) is 0 Å². The minimum Gasteiger partial charge on any atom is -1.00 e. The zero-order valence-electron chi connectivity index (χ0n) is 12.1. The molecular weight excluding hydrogens is 585 g/mol. The van der Waals surface area contributed by atoms with E-state index in [1.165, 1.54) is 11.1 Å². The van der Waals surface area contributed by atoms with E-state index in [-0.39, 0.29) is 47.2 Å². The van der Waals surface area contributed by atoms with E-state index in [1.54, 1.807) is 0 Å². The van der Waals surface area contributed by atoms with Crippen LogP contribution in [0.2, 0.25) is 0 Å². The molecule has 24 heavy (non-hydrogen) atoms. The summed E-state index contributed by atoms with van der Waals surface area (Å²) >= 11 is 0. The van der Waals surface area contributed by atoms with Gasteiger partial charge >= 0.3 is 55.4 Å². The minimum absolute atomic E-state index is 0. The van der Waals surface area contributed by atoms with Gasteiger partial charge in [0.25, 0.3) is 0 Å². The smallest absolute Gasteiger partial charge is 1.00 e. The number of aromatic nitrogens is 2. The zero-order valence-corrected chi connectivity index (χ0v) is 16.7. The monoisotopic (exact) mass is 596 g/mol. The van der Waals surface area contributed by atoms with Crippen molar-refractivity contribution in [1.29, 1.82) is 0 Å². The first-order chi connectivity index (χ1) is 9.20.